The molecule has 0 aromatic heterocycles. The van der Waals surface area contributed by atoms with E-state index in [2.05, 4.69) is 0 Å². The molecule has 0 N–H and O–H groups in total. The van der Waals surface area contributed by atoms with Crippen LogP contribution in [0, 0.1) is 0 Å². The normalized spacial score (nSPS) is 26.1. The van der Waals surface area contributed by atoms with Gasteiger partial charge in [-0.25, -0.2) is 4.79 Å². The van der Waals surface area contributed by atoms with Crippen molar-refractivity contribution in [2.45, 2.75) is 31.7 Å². The van der Waals surface area contributed by atoms with Crippen LogP contribution in [0.1, 0.15) is 25.7 Å². The molecule has 16 heavy (non-hydrogen) atoms. The summed E-state index contributed by atoms with van der Waals surface area (Å²) in [5.41, 5.74) is 0. The highest BCUT2D eigenvalue weighted by Crippen LogP contribution is 2.23. The van der Waals surface area contributed by atoms with Crippen molar-refractivity contribution in [3.63, 3.8) is 0 Å². The number of methoxy groups -OCH3 is 1. The fraction of sp³-hybridized carbons (Fsp3) is 0.818. The van der Waals surface area contributed by atoms with Gasteiger partial charge in [-0.05, 0) is 19.3 Å². The highest BCUT2D eigenvalue weighted by atomic mass is 16.5. The molecule has 0 aromatic rings. The lowest BCUT2D eigenvalue weighted by Crippen LogP contribution is -2.44. The molecule has 0 aliphatic carbocycles. The molecule has 2 saturated heterocycles. The largest absolute Gasteiger partial charge is 0.453 e. The number of rotatable bonds is 0. The number of carbonyl (C=O) groups is 2. The molecule has 0 spiro atoms. The molecule has 90 valence electrons. The Labute approximate surface area is 95.3 Å². The highest BCUT2D eigenvalue weighted by Gasteiger charge is 2.31. The molecule has 5 heteroatoms. The van der Waals surface area contributed by atoms with Gasteiger partial charge in [-0.2, -0.15) is 0 Å². The van der Waals surface area contributed by atoms with E-state index in [1.165, 1.54) is 7.11 Å². The fourth-order valence-corrected chi connectivity index (χ4v) is 2.57. The number of hydrogen-bond donors (Lipinski definition) is 0. The molecule has 2 amide bonds. The first-order valence-corrected chi connectivity index (χ1v) is 5.84. The van der Waals surface area contributed by atoms with Crippen molar-refractivity contribution >= 4 is 12.0 Å². The van der Waals surface area contributed by atoms with Gasteiger partial charge in [-0.1, -0.05) is 0 Å². The van der Waals surface area contributed by atoms with E-state index in [0.29, 0.717) is 25.6 Å². The number of fused-ring (bicyclic) bond motifs is 1. The third-order valence-corrected chi connectivity index (χ3v) is 3.46. The van der Waals surface area contributed by atoms with E-state index in [-0.39, 0.29) is 12.0 Å². The summed E-state index contributed by atoms with van der Waals surface area (Å²) in [7, 11) is 1.38. The van der Waals surface area contributed by atoms with Gasteiger partial charge in [0.15, 0.2) is 0 Å². The summed E-state index contributed by atoms with van der Waals surface area (Å²) in [6, 6.07) is 0.333. The van der Waals surface area contributed by atoms with E-state index in [1.54, 1.807) is 4.90 Å². The Kier molecular flexibility index (Phi) is 3.31. The lowest BCUT2D eigenvalue weighted by Gasteiger charge is -2.31. The smallest absolute Gasteiger partial charge is 0.409 e. The van der Waals surface area contributed by atoms with Gasteiger partial charge in [0, 0.05) is 32.1 Å². The van der Waals surface area contributed by atoms with Crippen molar-refractivity contribution in [2.75, 3.05) is 26.7 Å². The van der Waals surface area contributed by atoms with Gasteiger partial charge in [0.2, 0.25) is 5.91 Å². The predicted octanol–water partition coefficient (Wildman–Crippen LogP) is 0.840. The molecule has 1 atom stereocenters. The van der Waals surface area contributed by atoms with E-state index >= 15 is 0 Å². The lowest BCUT2D eigenvalue weighted by atomic mass is 10.1. The first kappa shape index (κ1) is 11.2. The molecule has 0 radical (unpaired) electrons. The summed E-state index contributed by atoms with van der Waals surface area (Å²) in [5, 5.41) is 0. The van der Waals surface area contributed by atoms with Crippen molar-refractivity contribution in [1.82, 2.24) is 9.80 Å². The average Bonchev–Trinajstić information content (AvgIpc) is 2.73. The van der Waals surface area contributed by atoms with Crippen LogP contribution in [0.3, 0.4) is 0 Å². The quantitative estimate of drug-likeness (QED) is 0.615. The molecule has 2 fully saturated rings. The zero-order chi connectivity index (χ0) is 11.5. The van der Waals surface area contributed by atoms with Crippen LogP contribution in [0.15, 0.2) is 0 Å². The zero-order valence-electron chi connectivity index (χ0n) is 9.65. The standard InChI is InChI=1S/C11H18N2O3/c1-16-11(15)12-7-4-9-3-2-6-13(9)10(14)5-8-12/h9H,2-8H2,1H3. The Morgan fingerprint density at radius 1 is 1.31 bits per heavy atom. The number of ether oxygens (including phenoxy) is 1. The van der Waals surface area contributed by atoms with Crippen LogP contribution in [-0.2, 0) is 9.53 Å². The third kappa shape index (κ3) is 2.13. The van der Waals surface area contributed by atoms with Gasteiger partial charge in [0.1, 0.15) is 0 Å². The molecular weight excluding hydrogens is 208 g/mol. The van der Waals surface area contributed by atoms with E-state index in [1.807, 2.05) is 4.90 Å². The van der Waals surface area contributed by atoms with Gasteiger partial charge in [0.05, 0.1) is 7.11 Å². The zero-order valence-corrected chi connectivity index (χ0v) is 9.65. The Balaban J connectivity index is 2.01. The topological polar surface area (TPSA) is 49.9 Å². The Morgan fingerprint density at radius 2 is 2.12 bits per heavy atom. The maximum absolute atomic E-state index is 11.9. The molecule has 2 aliphatic heterocycles. The van der Waals surface area contributed by atoms with Crippen LogP contribution >= 0.6 is 0 Å². The molecule has 2 heterocycles. The van der Waals surface area contributed by atoms with Gasteiger partial charge in [-0.15, -0.1) is 0 Å². The minimum Gasteiger partial charge on any atom is -0.453 e. The van der Waals surface area contributed by atoms with Crippen LogP contribution in [0.5, 0.6) is 0 Å². The molecule has 2 rings (SSSR count). The highest BCUT2D eigenvalue weighted by molar-refractivity contribution is 5.78. The van der Waals surface area contributed by atoms with E-state index in [9.17, 15) is 9.59 Å². The van der Waals surface area contributed by atoms with Crippen LogP contribution in [0.2, 0.25) is 0 Å². The number of hydrogen-bond acceptors (Lipinski definition) is 3. The average molecular weight is 226 g/mol. The third-order valence-electron chi connectivity index (χ3n) is 3.46. The van der Waals surface area contributed by atoms with Gasteiger partial charge >= 0.3 is 6.09 Å². The lowest BCUT2D eigenvalue weighted by molar-refractivity contribution is -0.133. The minimum absolute atomic E-state index is 0.177. The summed E-state index contributed by atoms with van der Waals surface area (Å²) in [6.07, 6.45) is 3.14. The van der Waals surface area contributed by atoms with Gasteiger partial charge in [0.25, 0.3) is 0 Å². The predicted molar refractivity (Wildman–Crippen MR) is 57.9 cm³/mol. The molecule has 0 saturated carbocycles. The summed E-state index contributed by atoms with van der Waals surface area (Å²) >= 11 is 0. The van der Waals surface area contributed by atoms with Crippen LogP contribution in [0.4, 0.5) is 4.79 Å². The van der Waals surface area contributed by atoms with Gasteiger partial charge < -0.3 is 14.5 Å². The van der Waals surface area contributed by atoms with Crippen molar-refractivity contribution < 1.29 is 14.3 Å². The summed E-state index contributed by atoms with van der Waals surface area (Å²) in [6.45, 7) is 2.07. The summed E-state index contributed by atoms with van der Waals surface area (Å²) in [5.74, 6) is 0.177. The number of carbonyl (C=O) groups excluding carboxylic acids is 2. The SMILES string of the molecule is COC(=O)N1CCC(=O)N2CCCC2CC1. The molecule has 5 nitrogen and oxygen atoms in total. The van der Waals surface area contributed by atoms with Crippen LogP contribution < -0.4 is 0 Å². The van der Waals surface area contributed by atoms with Crippen LogP contribution in [-0.4, -0.2) is 54.6 Å². The fourth-order valence-electron chi connectivity index (χ4n) is 2.57. The first-order chi connectivity index (χ1) is 7.72. The summed E-state index contributed by atoms with van der Waals surface area (Å²) < 4.78 is 4.69. The first-order valence-electron chi connectivity index (χ1n) is 5.84. The molecule has 2 aliphatic rings. The van der Waals surface area contributed by atoms with Crippen LogP contribution in [0.25, 0.3) is 0 Å². The molecule has 0 bridgehead atoms. The number of nitrogens with zero attached hydrogens (tertiary/aromatic N) is 2. The van der Waals surface area contributed by atoms with Gasteiger partial charge in [-0.3, -0.25) is 4.79 Å². The second-order valence-electron chi connectivity index (χ2n) is 4.38. The Bertz CT molecular complexity index is 293. The molecular formula is C11H18N2O3. The van der Waals surface area contributed by atoms with Crippen molar-refractivity contribution in [2.24, 2.45) is 0 Å². The van der Waals surface area contributed by atoms with Crippen molar-refractivity contribution in [3.05, 3.63) is 0 Å². The monoisotopic (exact) mass is 226 g/mol. The second-order valence-corrected chi connectivity index (χ2v) is 4.38. The molecule has 1 unspecified atom stereocenters. The second kappa shape index (κ2) is 4.72. The van der Waals surface area contributed by atoms with E-state index < -0.39 is 0 Å². The molecule has 0 aromatic carbocycles. The van der Waals surface area contributed by atoms with Crippen molar-refractivity contribution in [3.8, 4) is 0 Å². The Hall–Kier alpha value is -1.26. The van der Waals surface area contributed by atoms with Crippen molar-refractivity contribution in [1.29, 1.82) is 0 Å². The minimum atomic E-state index is -0.320. The van der Waals surface area contributed by atoms with E-state index in [4.69, 9.17) is 4.74 Å². The maximum atomic E-state index is 11.9. The summed E-state index contributed by atoms with van der Waals surface area (Å²) in [4.78, 5) is 26.9. The Morgan fingerprint density at radius 3 is 2.88 bits per heavy atom. The number of amides is 2. The van der Waals surface area contributed by atoms with E-state index in [0.717, 1.165) is 25.8 Å². The maximum Gasteiger partial charge on any atom is 0.409 e.